The van der Waals surface area contributed by atoms with Crippen molar-refractivity contribution < 1.29 is 19.0 Å². The summed E-state index contributed by atoms with van der Waals surface area (Å²) in [6, 6.07) is 4.89. The first-order valence-electron chi connectivity index (χ1n) is 7.87. The number of hydrogen-bond donors (Lipinski definition) is 1. The maximum absolute atomic E-state index is 14.3. The SMILES string of the molecule is CCOC(=O)c1sc2cccc(F)c2c1CN1CCCC(O)C1. The Balaban J connectivity index is 2.01. The molecule has 1 aliphatic rings. The van der Waals surface area contributed by atoms with E-state index in [1.54, 1.807) is 13.0 Å². The molecule has 1 atom stereocenters. The molecule has 0 radical (unpaired) electrons. The third-order valence-corrected chi connectivity index (χ3v) is 5.26. The Morgan fingerprint density at radius 3 is 3.09 bits per heavy atom. The van der Waals surface area contributed by atoms with E-state index in [-0.39, 0.29) is 18.5 Å². The van der Waals surface area contributed by atoms with Gasteiger partial charge in [0.2, 0.25) is 0 Å². The number of halogens is 1. The smallest absolute Gasteiger partial charge is 0.348 e. The van der Waals surface area contributed by atoms with Gasteiger partial charge in [-0.3, -0.25) is 4.90 Å². The van der Waals surface area contributed by atoms with Crippen molar-refractivity contribution in [3.8, 4) is 0 Å². The summed E-state index contributed by atoms with van der Waals surface area (Å²) >= 11 is 1.27. The van der Waals surface area contributed by atoms with E-state index in [0.29, 0.717) is 28.9 Å². The van der Waals surface area contributed by atoms with Gasteiger partial charge in [0.15, 0.2) is 0 Å². The second-order valence-electron chi connectivity index (χ2n) is 5.77. The third kappa shape index (κ3) is 3.39. The molecule has 6 heteroatoms. The highest BCUT2D eigenvalue weighted by molar-refractivity contribution is 7.21. The highest BCUT2D eigenvalue weighted by Gasteiger charge is 2.25. The van der Waals surface area contributed by atoms with E-state index in [1.165, 1.54) is 17.4 Å². The van der Waals surface area contributed by atoms with E-state index in [9.17, 15) is 14.3 Å². The van der Waals surface area contributed by atoms with Crippen molar-refractivity contribution in [3.05, 3.63) is 34.5 Å². The number of hydrogen-bond acceptors (Lipinski definition) is 5. The first-order valence-corrected chi connectivity index (χ1v) is 8.69. The van der Waals surface area contributed by atoms with Crippen LogP contribution >= 0.6 is 11.3 Å². The number of carbonyl (C=O) groups excluding carboxylic acids is 1. The molecule has 23 heavy (non-hydrogen) atoms. The van der Waals surface area contributed by atoms with Crippen LogP contribution in [0.2, 0.25) is 0 Å². The molecule has 0 amide bonds. The molecule has 1 aromatic carbocycles. The number of aliphatic hydroxyl groups is 1. The minimum absolute atomic E-state index is 0.289. The molecule has 1 fully saturated rings. The Hall–Kier alpha value is -1.50. The molecule has 0 saturated carbocycles. The van der Waals surface area contributed by atoms with Gasteiger partial charge >= 0.3 is 5.97 Å². The van der Waals surface area contributed by atoms with Crippen molar-refractivity contribution in [1.29, 1.82) is 0 Å². The zero-order chi connectivity index (χ0) is 16.4. The van der Waals surface area contributed by atoms with Crippen LogP contribution in [0.3, 0.4) is 0 Å². The van der Waals surface area contributed by atoms with Crippen LogP contribution in [0.5, 0.6) is 0 Å². The van der Waals surface area contributed by atoms with Crippen LogP contribution in [-0.2, 0) is 11.3 Å². The number of fused-ring (bicyclic) bond motifs is 1. The van der Waals surface area contributed by atoms with E-state index < -0.39 is 5.97 Å². The van der Waals surface area contributed by atoms with Crippen LogP contribution in [0.25, 0.3) is 10.1 Å². The monoisotopic (exact) mass is 337 g/mol. The summed E-state index contributed by atoms with van der Waals surface area (Å²) in [4.78, 5) is 14.8. The van der Waals surface area contributed by atoms with Crippen molar-refractivity contribution >= 4 is 27.4 Å². The fourth-order valence-electron chi connectivity index (χ4n) is 3.08. The Morgan fingerprint density at radius 1 is 1.52 bits per heavy atom. The molecule has 0 spiro atoms. The average Bonchev–Trinajstić information content (AvgIpc) is 2.88. The minimum atomic E-state index is -0.402. The minimum Gasteiger partial charge on any atom is -0.462 e. The molecular weight excluding hydrogens is 317 g/mol. The standard InChI is InChI=1S/C17H20FNO3S/c1-2-22-17(21)16-12(10-19-8-4-5-11(20)9-19)15-13(18)6-3-7-14(15)23-16/h3,6-7,11,20H,2,4-5,8-10H2,1H3. The number of rotatable bonds is 4. The third-order valence-electron chi connectivity index (χ3n) is 4.09. The van der Waals surface area contributed by atoms with Crippen molar-refractivity contribution in [2.75, 3.05) is 19.7 Å². The fraction of sp³-hybridized carbons (Fsp3) is 0.471. The molecule has 2 aromatic rings. The highest BCUT2D eigenvalue weighted by atomic mass is 32.1. The van der Waals surface area contributed by atoms with Crippen LogP contribution in [-0.4, -0.2) is 41.8 Å². The van der Waals surface area contributed by atoms with Crippen molar-refractivity contribution in [1.82, 2.24) is 4.90 Å². The van der Waals surface area contributed by atoms with Crippen molar-refractivity contribution in [2.45, 2.75) is 32.4 Å². The van der Waals surface area contributed by atoms with Gasteiger partial charge in [0.25, 0.3) is 0 Å². The summed E-state index contributed by atoms with van der Waals surface area (Å²) in [5, 5.41) is 10.3. The molecule has 1 saturated heterocycles. The number of piperidine rings is 1. The van der Waals surface area contributed by atoms with Gasteiger partial charge in [0, 0.05) is 28.7 Å². The van der Waals surface area contributed by atoms with E-state index >= 15 is 0 Å². The predicted octanol–water partition coefficient (Wildman–Crippen LogP) is 3.17. The maximum atomic E-state index is 14.3. The van der Waals surface area contributed by atoms with Crippen LogP contribution in [0, 0.1) is 5.82 Å². The topological polar surface area (TPSA) is 49.8 Å². The maximum Gasteiger partial charge on any atom is 0.348 e. The van der Waals surface area contributed by atoms with Crippen LogP contribution in [0.4, 0.5) is 4.39 Å². The van der Waals surface area contributed by atoms with Crippen molar-refractivity contribution in [3.63, 3.8) is 0 Å². The predicted molar refractivity (Wildman–Crippen MR) is 88.3 cm³/mol. The number of esters is 1. The van der Waals surface area contributed by atoms with Gasteiger partial charge in [0.05, 0.1) is 12.7 Å². The summed E-state index contributed by atoms with van der Waals surface area (Å²) in [6.45, 7) is 3.88. The normalized spacial score (nSPS) is 19.2. The molecule has 2 heterocycles. The lowest BCUT2D eigenvalue weighted by atomic mass is 10.1. The second kappa shape index (κ2) is 6.95. The summed E-state index contributed by atoms with van der Waals surface area (Å²) in [5.41, 5.74) is 0.677. The van der Waals surface area contributed by atoms with Gasteiger partial charge in [-0.05, 0) is 38.4 Å². The summed E-state index contributed by atoms with van der Waals surface area (Å²) in [7, 11) is 0. The largest absolute Gasteiger partial charge is 0.462 e. The molecule has 124 valence electrons. The zero-order valence-electron chi connectivity index (χ0n) is 13.0. The van der Waals surface area contributed by atoms with E-state index in [2.05, 4.69) is 4.90 Å². The number of likely N-dealkylation sites (tertiary alicyclic amines) is 1. The van der Waals surface area contributed by atoms with Crippen molar-refractivity contribution in [2.24, 2.45) is 0 Å². The molecule has 1 aromatic heterocycles. The average molecular weight is 337 g/mol. The van der Waals surface area contributed by atoms with Crippen LogP contribution < -0.4 is 0 Å². The lowest BCUT2D eigenvalue weighted by molar-refractivity contribution is 0.0525. The highest BCUT2D eigenvalue weighted by Crippen LogP contribution is 2.35. The molecule has 1 N–H and O–H groups in total. The molecule has 4 nitrogen and oxygen atoms in total. The van der Waals surface area contributed by atoms with E-state index in [0.717, 1.165) is 24.1 Å². The van der Waals surface area contributed by atoms with Crippen LogP contribution in [0.1, 0.15) is 35.0 Å². The molecule has 0 aliphatic carbocycles. The molecular formula is C17H20FNO3S. The number of aliphatic hydroxyl groups excluding tert-OH is 1. The fourth-order valence-corrected chi connectivity index (χ4v) is 4.20. The Bertz CT molecular complexity index is 715. The number of thiophene rings is 1. The first-order chi connectivity index (χ1) is 11.1. The number of ether oxygens (including phenoxy) is 1. The summed E-state index contributed by atoms with van der Waals surface area (Å²) in [5.74, 6) is -0.720. The zero-order valence-corrected chi connectivity index (χ0v) is 13.9. The van der Waals surface area contributed by atoms with Gasteiger partial charge in [-0.15, -0.1) is 11.3 Å². The number of benzene rings is 1. The molecule has 1 unspecified atom stereocenters. The Labute approximate surface area is 138 Å². The number of nitrogens with zero attached hydrogens (tertiary/aromatic N) is 1. The number of carbonyl (C=O) groups is 1. The van der Waals surface area contributed by atoms with Gasteiger partial charge in [-0.1, -0.05) is 6.07 Å². The lowest BCUT2D eigenvalue weighted by Gasteiger charge is -2.30. The van der Waals surface area contributed by atoms with Gasteiger partial charge in [-0.25, -0.2) is 9.18 Å². The van der Waals surface area contributed by atoms with Gasteiger partial charge < -0.3 is 9.84 Å². The first kappa shape index (κ1) is 16.4. The number of β-amino-alcohol motifs (C(OH)–C–C–N with tert-alkyl or cyclic N) is 1. The summed E-state index contributed by atoms with van der Waals surface area (Å²) in [6.07, 6.45) is 1.34. The molecule has 1 aliphatic heterocycles. The quantitative estimate of drug-likeness (QED) is 0.871. The lowest BCUT2D eigenvalue weighted by Crippen LogP contribution is -2.37. The molecule has 0 bridgehead atoms. The van der Waals surface area contributed by atoms with E-state index in [4.69, 9.17) is 4.74 Å². The molecule has 3 rings (SSSR count). The van der Waals surface area contributed by atoms with Crippen LogP contribution in [0.15, 0.2) is 18.2 Å². The Morgan fingerprint density at radius 2 is 2.35 bits per heavy atom. The van der Waals surface area contributed by atoms with Gasteiger partial charge in [0.1, 0.15) is 10.7 Å². The second-order valence-corrected chi connectivity index (χ2v) is 6.83. The van der Waals surface area contributed by atoms with Gasteiger partial charge in [-0.2, -0.15) is 0 Å². The Kier molecular flexibility index (Phi) is 4.94. The van der Waals surface area contributed by atoms with E-state index in [1.807, 2.05) is 6.07 Å². The summed E-state index contributed by atoms with van der Waals surface area (Å²) < 4.78 is 20.2.